The zero-order valence-corrected chi connectivity index (χ0v) is 19.7. The van der Waals surface area contributed by atoms with E-state index in [1.807, 2.05) is 6.26 Å². The molecule has 3 heterocycles. The van der Waals surface area contributed by atoms with Crippen LogP contribution in [0.2, 0.25) is 0 Å². The van der Waals surface area contributed by atoms with Gasteiger partial charge in [-0.2, -0.15) is 11.8 Å². The van der Waals surface area contributed by atoms with Crippen molar-refractivity contribution in [1.82, 2.24) is 15.2 Å². The first-order valence-corrected chi connectivity index (χ1v) is 12.7. The highest BCUT2D eigenvalue weighted by Crippen LogP contribution is 2.41. The van der Waals surface area contributed by atoms with Crippen molar-refractivity contribution in [2.75, 3.05) is 17.8 Å². The van der Waals surface area contributed by atoms with Crippen LogP contribution in [-0.4, -0.2) is 67.9 Å². The van der Waals surface area contributed by atoms with Crippen LogP contribution in [0.25, 0.3) is 0 Å². The first-order chi connectivity index (χ1) is 16.4. The van der Waals surface area contributed by atoms with Crippen LogP contribution in [0.5, 0.6) is 0 Å². The molecule has 1 fully saturated rings. The number of hydrogen-bond acceptors (Lipinski definition) is 8. The van der Waals surface area contributed by atoms with E-state index in [0.29, 0.717) is 22.6 Å². The largest absolute Gasteiger partial charge is 0.477 e. The molecule has 34 heavy (non-hydrogen) atoms. The first kappa shape index (κ1) is 23.8. The summed E-state index contributed by atoms with van der Waals surface area (Å²) < 4.78 is 5.50. The lowest BCUT2D eigenvalue weighted by atomic mass is 10.0. The third kappa shape index (κ3) is 4.66. The maximum atomic E-state index is 13.2. The number of pyridine rings is 1. The van der Waals surface area contributed by atoms with Gasteiger partial charge in [-0.1, -0.05) is 30.3 Å². The topological polar surface area (TPSA) is 126 Å². The molecule has 2 unspecified atom stereocenters. The Balaban J connectivity index is 1.53. The van der Waals surface area contributed by atoms with Crippen molar-refractivity contribution in [2.45, 2.75) is 17.5 Å². The Hall–Kier alpha value is -3.31. The Bertz CT molecular complexity index is 1140. The van der Waals surface area contributed by atoms with Crippen molar-refractivity contribution in [1.29, 1.82) is 0 Å². The number of esters is 1. The van der Waals surface area contributed by atoms with Crippen LogP contribution < -0.4 is 5.32 Å². The summed E-state index contributed by atoms with van der Waals surface area (Å²) in [7, 11) is 0. The molecule has 2 aromatic rings. The van der Waals surface area contributed by atoms with Gasteiger partial charge in [-0.3, -0.25) is 19.5 Å². The Morgan fingerprint density at radius 3 is 2.68 bits per heavy atom. The van der Waals surface area contributed by atoms with Gasteiger partial charge >= 0.3 is 11.9 Å². The van der Waals surface area contributed by atoms with E-state index in [9.17, 15) is 24.3 Å². The average Bonchev–Trinajstić information content (AvgIpc) is 2.86. The molecule has 0 radical (unpaired) electrons. The van der Waals surface area contributed by atoms with Crippen molar-refractivity contribution < 1.29 is 29.0 Å². The fraction of sp³-hybridized carbons (Fsp3) is 0.261. The Labute approximate surface area is 203 Å². The lowest BCUT2D eigenvalue weighted by Crippen LogP contribution is -2.71. The summed E-state index contributed by atoms with van der Waals surface area (Å²) >= 11 is 2.87. The molecule has 0 aliphatic carbocycles. The number of hydrogen-bond donors (Lipinski definition) is 2. The van der Waals surface area contributed by atoms with E-state index in [0.717, 1.165) is 0 Å². The van der Waals surface area contributed by atoms with E-state index in [4.69, 9.17) is 4.74 Å². The highest BCUT2D eigenvalue weighted by atomic mass is 32.2. The lowest BCUT2D eigenvalue weighted by molar-refractivity contribution is -0.151. The fourth-order valence-electron chi connectivity index (χ4n) is 3.76. The van der Waals surface area contributed by atoms with Crippen LogP contribution in [0.4, 0.5) is 0 Å². The minimum Gasteiger partial charge on any atom is -0.477 e. The molecule has 0 bridgehead atoms. The van der Waals surface area contributed by atoms with E-state index in [1.165, 1.54) is 46.9 Å². The van der Waals surface area contributed by atoms with E-state index in [2.05, 4.69) is 10.3 Å². The van der Waals surface area contributed by atoms with Gasteiger partial charge < -0.3 is 15.2 Å². The minimum absolute atomic E-state index is 0.0174. The second-order valence-electron chi connectivity index (χ2n) is 7.52. The molecule has 4 rings (SSSR count). The third-order valence-corrected chi connectivity index (χ3v) is 7.31. The molecular weight excluding hydrogens is 478 g/mol. The average molecular weight is 500 g/mol. The van der Waals surface area contributed by atoms with Crippen LogP contribution in [0.15, 0.2) is 66.1 Å². The number of carbonyl (C=O) groups excluding carboxylic acids is 3. The Kier molecular flexibility index (Phi) is 7.23. The van der Waals surface area contributed by atoms with Crippen LogP contribution in [0.1, 0.15) is 22.0 Å². The van der Waals surface area contributed by atoms with Gasteiger partial charge in [0.1, 0.15) is 17.1 Å². The molecule has 11 heteroatoms. The van der Waals surface area contributed by atoms with E-state index < -0.39 is 41.3 Å². The molecule has 1 saturated heterocycles. The molecule has 0 spiro atoms. The first-order valence-electron chi connectivity index (χ1n) is 10.3. The van der Waals surface area contributed by atoms with Gasteiger partial charge in [0.15, 0.2) is 0 Å². The van der Waals surface area contributed by atoms with Gasteiger partial charge in [0, 0.05) is 29.5 Å². The Morgan fingerprint density at radius 1 is 1.26 bits per heavy atom. The zero-order valence-electron chi connectivity index (χ0n) is 18.0. The molecule has 1 aromatic carbocycles. The summed E-state index contributed by atoms with van der Waals surface area (Å²) in [4.78, 5) is 55.6. The van der Waals surface area contributed by atoms with Crippen LogP contribution in [-0.2, 0) is 19.1 Å². The second-order valence-corrected chi connectivity index (χ2v) is 9.50. The molecule has 1 aromatic heterocycles. The number of aliphatic carboxylic acids is 1. The van der Waals surface area contributed by atoms with Crippen molar-refractivity contribution in [2.24, 2.45) is 0 Å². The van der Waals surface area contributed by atoms with Crippen molar-refractivity contribution in [3.8, 4) is 0 Å². The fourth-order valence-corrected chi connectivity index (χ4v) is 5.82. The number of rotatable bonds is 8. The summed E-state index contributed by atoms with van der Waals surface area (Å²) in [5.41, 5.74) is 1.27. The quantitative estimate of drug-likeness (QED) is 0.415. The van der Waals surface area contributed by atoms with Crippen molar-refractivity contribution in [3.63, 3.8) is 0 Å². The normalized spacial score (nSPS) is 20.1. The number of ether oxygens (including phenoxy) is 1. The maximum absolute atomic E-state index is 13.2. The molecule has 2 N–H and O–H groups in total. The van der Waals surface area contributed by atoms with Gasteiger partial charge in [-0.15, -0.1) is 11.8 Å². The highest BCUT2D eigenvalue weighted by Gasteiger charge is 2.54. The summed E-state index contributed by atoms with van der Waals surface area (Å²) in [5, 5.41) is 11.8. The number of benzene rings is 1. The zero-order chi connectivity index (χ0) is 24.2. The van der Waals surface area contributed by atoms with Gasteiger partial charge in [0.05, 0.1) is 5.56 Å². The van der Waals surface area contributed by atoms with Crippen molar-refractivity contribution >= 4 is 47.3 Å². The molecule has 9 nitrogen and oxygen atoms in total. The number of thioether (sulfide) groups is 2. The molecule has 2 aliphatic heterocycles. The SMILES string of the molecule is CSCC1=C(C(=O)O)N2C(=O)C(NC(=O)C(OC(=O)c3cccnc3)c3ccccc3)[C@H]2SC1. The van der Waals surface area contributed by atoms with Crippen LogP contribution in [0.3, 0.4) is 0 Å². The molecule has 0 saturated carbocycles. The lowest BCUT2D eigenvalue weighted by Gasteiger charge is -2.49. The number of aromatic nitrogens is 1. The number of carbonyl (C=O) groups is 4. The summed E-state index contributed by atoms with van der Waals surface area (Å²) in [6.45, 7) is 0. The number of β-lactam (4-membered cyclic amide) rings is 1. The monoisotopic (exact) mass is 499 g/mol. The predicted molar refractivity (Wildman–Crippen MR) is 127 cm³/mol. The van der Waals surface area contributed by atoms with Crippen LogP contribution in [0, 0.1) is 0 Å². The molecule has 3 atom stereocenters. The number of carboxylic acids is 1. The number of nitrogens with zero attached hydrogens (tertiary/aromatic N) is 2. The summed E-state index contributed by atoms with van der Waals surface area (Å²) in [5.74, 6) is -2.13. The standard InChI is InChI=1S/C23H21N3O6S2/c1-33-11-15-12-34-21-16(20(28)26(21)17(15)22(29)30)25-19(27)18(13-6-3-2-4-7-13)32-23(31)14-8-5-9-24-10-14/h2-10,16,18,21H,11-12H2,1H3,(H,25,27)(H,29,30)/t16?,18?,21-/m1/s1. The number of nitrogens with one attached hydrogen (secondary N) is 1. The highest BCUT2D eigenvalue weighted by molar-refractivity contribution is 8.00. The van der Waals surface area contributed by atoms with Crippen molar-refractivity contribution in [3.05, 3.63) is 77.3 Å². The number of amides is 2. The smallest absolute Gasteiger partial charge is 0.352 e. The van der Waals surface area contributed by atoms with Crippen LogP contribution >= 0.6 is 23.5 Å². The van der Waals surface area contributed by atoms with E-state index >= 15 is 0 Å². The number of carboxylic acid groups (broad SMARTS) is 1. The third-order valence-electron chi connectivity index (χ3n) is 5.33. The molecule has 2 amide bonds. The molecular formula is C23H21N3O6S2. The number of fused-ring (bicyclic) bond motifs is 1. The van der Waals surface area contributed by atoms with Gasteiger partial charge in [-0.05, 0) is 24.0 Å². The summed E-state index contributed by atoms with van der Waals surface area (Å²) in [6.07, 6.45) is 3.41. The molecule has 2 aliphatic rings. The van der Waals surface area contributed by atoms with E-state index in [-0.39, 0.29) is 11.3 Å². The maximum Gasteiger partial charge on any atom is 0.352 e. The minimum atomic E-state index is -1.30. The van der Waals surface area contributed by atoms with Gasteiger partial charge in [-0.25, -0.2) is 9.59 Å². The summed E-state index contributed by atoms with van der Waals surface area (Å²) in [6, 6.07) is 10.6. The second kappa shape index (κ2) is 10.3. The van der Waals surface area contributed by atoms with E-state index in [1.54, 1.807) is 36.4 Å². The van der Waals surface area contributed by atoms with Gasteiger partial charge in [0.2, 0.25) is 6.10 Å². The molecule has 176 valence electrons. The Morgan fingerprint density at radius 2 is 2.03 bits per heavy atom. The predicted octanol–water partition coefficient (Wildman–Crippen LogP) is 2.08. The van der Waals surface area contributed by atoms with Gasteiger partial charge in [0.25, 0.3) is 11.8 Å².